The van der Waals surface area contributed by atoms with Crippen molar-refractivity contribution in [2.45, 2.75) is 11.8 Å². The summed E-state index contributed by atoms with van der Waals surface area (Å²) < 4.78 is 53.3. The van der Waals surface area contributed by atoms with E-state index in [0.717, 1.165) is 17.7 Å². The summed E-state index contributed by atoms with van der Waals surface area (Å²) in [5.41, 5.74) is 1.49. The Labute approximate surface area is 125 Å². The molecule has 0 amide bonds. The van der Waals surface area contributed by atoms with Gasteiger partial charge in [0.25, 0.3) is 10.0 Å². The first-order chi connectivity index (χ1) is 10.3. The van der Waals surface area contributed by atoms with E-state index in [4.69, 9.17) is 0 Å². The molecule has 0 saturated heterocycles. The van der Waals surface area contributed by atoms with Crippen LogP contribution in [0.2, 0.25) is 0 Å². The molecule has 7 heteroatoms. The zero-order valence-electron chi connectivity index (χ0n) is 11.5. The average molecular weight is 322 g/mol. The molecular formula is C15H12F2N2O2S. The Morgan fingerprint density at radius 3 is 2.41 bits per heavy atom. The molecule has 1 aromatic heterocycles. The molecule has 0 aliphatic rings. The summed E-state index contributed by atoms with van der Waals surface area (Å²) in [7, 11) is -3.96. The van der Waals surface area contributed by atoms with Gasteiger partial charge in [-0.15, -0.1) is 0 Å². The van der Waals surface area contributed by atoms with Crippen LogP contribution in [0.5, 0.6) is 0 Å². The number of nitrogens with one attached hydrogen (secondary N) is 2. The van der Waals surface area contributed by atoms with Gasteiger partial charge in [0.2, 0.25) is 0 Å². The molecule has 0 radical (unpaired) electrons. The number of aryl methyl sites for hydroxylation is 1. The number of aromatic amines is 1. The lowest BCUT2D eigenvalue weighted by Crippen LogP contribution is -2.12. The minimum absolute atomic E-state index is 0.0205. The summed E-state index contributed by atoms with van der Waals surface area (Å²) >= 11 is 0. The quantitative estimate of drug-likeness (QED) is 0.774. The molecular weight excluding hydrogens is 310 g/mol. The SMILES string of the molecule is Cc1ccc2c(S(=O)(=O)Nc3cc(F)cc(F)c3)c[nH]c2c1. The molecule has 2 N–H and O–H groups in total. The number of benzene rings is 2. The van der Waals surface area contributed by atoms with Crippen LogP contribution in [0.25, 0.3) is 10.9 Å². The van der Waals surface area contributed by atoms with Gasteiger partial charge in [0.05, 0.1) is 5.69 Å². The number of H-pyrrole nitrogens is 1. The van der Waals surface area contributed by atoms with Crippen LogP contribution >= 0.6 is 0 Å². The monoisotopic (exact) mass is 322 g/mol. The normalized spacial score (nSPS) is 11.8. The molecule has 0 unspecified atom stereocenters. The smallest absolute Gasteiger partial charge is 0.264 e. The number of sulfonamides is 1. The van der Waals surface area contributed by atoms with Crippen LogP contribution in [0.15, 0.2) is 47.5 Å². The first kappa shape index (κ1) is 14.5. The highest BCUT2D eigenvalue weighted by atomic mass is 32.2. The largest absolute Gasteiger partial charge is 0.360 e. The van der Waals surface area contributed by atoms with Gasteiger partial charge in [0, 0.05) is 23.2 Å². The standard InChI is InChI=1S/C15H12F2N2O2S/c1-9-2-3-13-14(4-9)18-8-15(13)22(20,21)19-12-6-10(16)5-11(17)7-12/h2-8,18-19H,1H3. The molecule has 0 bridgehead atoms. The third-order valence-corrected chi connectivity index (χ3v) is 4.62. The van der Waals surface area contributed by atoms with Crippen molar-refractivity contribution in [1.29, 1.82) is 0 Å². The zero-order valence-corrected chi connectivity index (χ0v) is 12.3. The Hall–Kier alpha value is -2.41. The van der Waals surface area contributed by atoms with Crippen molar-refractivity contribution < 1.29 is 17.2 Å². The maximum atomic E-state index is 13.2. The van der Waals surface area contributed by atoms with Crippen molar-refractivity contribution >= 4 is 26.6 Å². The Morgan fingerprint density at radius 1 is 1.05 bits per heavy atom. The van der Waals surface area contributed by atoms with E-state index in [0.29, 0.717) is 17.0 Å². The van der Waals surface area contributed by atoms with E-state index in [1.807, 2.05) is 13.0 Å². The number of aromatic nitrogens is 1. The van der Waals surface area contributed by atoms with E-state index >= 15 is 0 Å². The summed E-state index contributed by atoms with van der Waals surface area (Å²) in [4.78, 5) is 2.90. The fourth-order valence-corrected chi connectivity index (χ4v) is 3.48. The Balaban J connectivity index is 2.04. The molecule has 0 spiro atoms. The zero-order chi connectivity index (χ0) is 15.9. The number of hydrogen-bond donors (Lipinski definition) is 2. The summed E-state index contributed by atoms with van der Waals surface area (Å²) in [6.07, 6.45) is 1.35. The summed E-state index contributed by atoms with van der Waals surface area (Å²) in [6.45, 7) is 1.89. The molecule has 0 aliphatic heterocycles. The van der Waals surface area contributed by atoms with Crippen molar-refractivity contribution in [2.75, 3.05) is 4.72 Å². The highest BCUT2D eigenvalue weighted by molar-refractivity contribution is 7.93. The molecule has 3 rings (SSSR count). The topological polar surface area (TPSA) is 62.0 Å². The molecule has 22 heavy (non-hydrogen) atoms. The van der Waals surface area contributed by atoms with Crippen LogP contribution in [-0.2, 0) is 10.0 Å². The van der Waals surface area contributed by atoms with E-state index < -0.39 is 21.7 Å². The van der Waals surface area contributed by atoms with Crippen molar-refractivity contribution in [3.05, 3.63) is 59.8 Å². The Morgan fingerprint density at radius 2 is 1.73 bits per heavy atom. The number of rotatable bonds is 3. The molecule has 0 saturated carbocycles. The average Bonchev–Trinajstić information content (AvgIpc) is 2.80. The summed E-state index contributed by atoms with van der Waals surface area (Å²) in [5, 5.41) is 0.509. The van der Waals surface area contributed by atoms with E-state index in [1.54, 1.807) is 12.1 Å². The van der Waals surface area contributed by atoms with Crippen molar-refractivity contribution in [3.8, 4) is 0 Å². The molecule has 1 heterocycles. The van der Waals surface area contributed by atoms with Crippen LogP contribution in [0.1, 0.15) is 5.56 Å². The summed E-state index contributed by atoms with van der Waals surface area (Å²) in [6, 6.07) is 7.79. The number of anilines is 1. The molecule has 0 aliphatic carbocycles. The molecule has 114 valence electrons. The third-order valence-electron chi connectivity index (χ3n) is 3.20. The third kappa shape index (κ3) is 2.67. The van der Waals surface area contributed by atoms with Gasteiger partial charge in [-0.2, -0.15) is 0 Å². The molecule has 0 atom stereocenters. The van der Waals surface area contributed by atoms with Crippen molar-refractivity contribution in [2.24, 2.45) is 0 Å². The molecule has 3 aromatic rings. The molecule has 4 nitrogen and oxygen atoms in total. The summed E-state index contributed by atoms with van der Waals surface area (Å²) in [5.74, 6) is -1.71. The maximum absolute atomic E-state index is 13.2. The van der Waals surface area contributed by atoms with Crippen molar-refractivity contribution in [1.82, 2.24) is 4.98 Å². The number of hydrogen-bond acceptors (Lipinski definition) is 2. The van der Waals surface area contributed by atoms with Gasteiger partial charge in [-0.3, -0.25) is 4.72 Å². The first-order valence-electron chi connectivity index (χ1n) is 6.42. The lowest BCUT2D eigenvalue weighted by atomic mass is 10.2. The van der Waals surface area contributed by atoms with E-state index in [9.17, 15) is 17.2 Å². The Kier molecular flexibility index (Phi) is 3.37. The second-order valence-electron chi connectivity index (χ2n) is 4.97. The predicted molar refractivity (Wildman–Crippen MR) is 80.2 cm³/mol. The van der Waals surface area contributed by atoms with Crippen LogP contribution in [0.3, 0.4) is 0 Å². The highest BCUT2D eigenvalue weighted by Gasteiger charge is 2.19. The van der Waals surface area contributed by atoms with Gasteiger partial charge in [-0.1, -0.05) is 12.1 Å². The number of halogens is 2. The predicted octanol–water partition coefficient (Wildman–Crippen LogP) is 3.56. The molecule has 2 aromatic carbocycles. The van der Waals surface area contributed by atoms with E-state index in [-0.39, 0.29) is 10.6 Å². The van der Waals surface area contributed by atoms with E-state index in [2.05, 4.69) is 9.71 Å². The van der Waals surface area contributed by atoms with Gasteiger partial charge < -0.3 is 4.98 Å². The lowest BCUT2D eigenvalue weighted by Gasteiger charge is -2.07. The van der Waals surface area contributed by atoms with Crippen LogP contribution in [0, 0.1) is 18.6 Å². The van der Waals surface area contributed by atoms with Crippen LogP contribution in [0.4, 0.5) is 14.5 Å². The first-order valence-corrected chi connectivity index (χ1v) is 7.90. The minimum Gasteiger partial charge on any atom is -0.360 e. The van der Waals surface area contributed by atoms with Gasteiger partial charge in [-0.05, 0) is 30.7 Å². The number of fused-ring (bicyclic) bond motifs is 1. The van der Waals surface area contributed by atoms with Gasteiger partial charge in [0.1, 0.15) is 16.5 Å². The van der Waals surface area contributed by atoms with Crippen LogP contribution < -0.4 is 4.72 Å². The Bertz CT molecular complexity index is 945. The lowest BCUT2D eigenvalue weighted by molar-refractivity contribution is 0.584. The maximum Gasteiger partial charge on any atom is 0.264 e. The van der Waals surface area contributed by atoms with Crippen molar-refractivity contribution in [3.63, 3.8) is 0 Å². The fraction of sp³-hybridized carbons (Fsp3) is 0.0667. The van der Waals surface area contributed by atoms with Gasteiger partial charge >= 0.3 is 0 Å². The second kappa shape index (κ2) is 5.10. The molecule has 0 fully saturated rings. The van der Waals surface area contributed by atoms with Gasteiger partial charge in [-0.25, -0.2) is 17.2 Å². The second-order valence-corrected chi connectivity index (χ2v) is 6.62. The van der Waals surface area contributed by atoms with Crippen LogP contribution in [-0.4, -0.2) is 13.4 Å². The van der Waals surface area contributed by atoms with E-state index in [1.165, 1.54) is 6.20 Å². The van der Waals surface area contributed by atoms with Gasteiger partial charge in [0.15, 0.2) is 0 Å². The minimum atomic E-state index is -3.96. The fourth-order valence-electron chi connectivity index (χ4n) is 2.26. The highest BCUT2D eigenvalue weighted by Crippen LogP contribution is 2.26.